The number of carbonyl (C=O) groups excluding carboxylic acids is 1. The van der Waals surface area contributed by atoms with E-state index >= 15 is 0 Å². The van der Waals surface area contributed by atoms with Crippen LogP contribution in [0.3, 0.4) is 0 Å². The van der Waals surface area contributed by atoms with Gasteiger partial charge in [-0.15, -0.1) is 0 Å². The van der Waals surface area contributed by atoms with Crippen molar-refractivity contribution < 1.29 is 23.7 Å². The molecule has 2 aromatic rings. The summed E-state index contributed by atoms with van der Waals surface area (Å²) < 4.78 is 20.7. The van der Waals surface area contributed by atoms with Crippen molar-refractivity contribution in [2.75, 3.05) is 28.4 Å². The molecule has 1 atom stereocenters. The smallest absolute Gasteiger partial charge is 0.160 e. The zero-order valence-corrected chi connectivity index (χ0v) is 18.1. The lowest BCUT2D eigenvalue weighted by Gasteiger charge is -2.20. The first-order valence-corrected chi connectivity index (χ1v) is 9.94. The second-order valence-electron chi connectivity index (χ2n) is 7.16. The molecule has 1 unspecified atom stereocenters. The fraction of sp³-hybridized carbons (Fsp3) is 0.458. The van der Waals surface area contributed by atoms with E-state index in [1.807, 2.05) is 43.3 Å². The highest BCUT2D eigenvalue weighted by atomic mass is 16.5. The average molecular weight is 401 g/mol. The van der Waals surface area contributed by atoms with E-state index in [1.54, 1.807) is 28.4 Å². The highest BCUT2D eigenvalue weighted by Crippen LogP contribution is 2.30. The summed E-state index contributed by atoms with van der Waals surface area (Å²) in [5.41, 5.74) is 2.32. The Balaban J connectivity index is 0.000000234. The number of carbonyl (C=O) groups is 1. The average Bonchev–Trinajstić information content (AvgIpc) is 2.75. The van der Waals surface area contributed by atoms with Crippen molar-refractivity contribution >= 4 is 5.78 Å². The summed E-state index contributed by atoms with van der Waals surface area (Å²) in [5.74, 6) is 3.63. The molecular weight excluding hydrogens is 368 g/mol. The minimum atomic E-state index is 0.192. The normalized spacial score (nSPS) is 15.8. The Morgan fingerprint density at radius 3 is 1.97 bits per heavy atom. The maximum Gasteiger partial charge on any atom is 0.160 e. The number of hydrogen-bond donors (Lipinski definition) is 0. The molecule has 1 aliphatic carbocycles. The van der Waals surface area contributed by atoms with Gasteiger partial charge in [-0.25, -0.2) is 0 Å². The number of ether oxygens (including phenoxy) is 4. The minimum Gasteiger partial charge on any atom is -0.493 e. The number of methoxy groups -OCH3 is 4. The van der Waals surface area contributed by atoms with Crippen LogP contribution in [0.25, 0.3) is 0 Å². The van der Waals surface area contributed by atoms with Crippen LogP contribution in [-0.2, 0) is 11.2 Å². The number of Topliss-reactive ketones (excluding diaryl/α,β-unsaturated/α-hetero) is 1. The Bertz CT molecular complexity index is 800. The monoisotopic (exact) mass is 400 g/mol. The predicted octanol–water partition coefficient (Wildman–Crippen LogP) is 5.02. The number of hydrogen-bond acceptors (Lipinski definition) is 5. The fourth-order valence-electron chi connectivity index (χ4n) is 3.51. The van der Waals surface area contributed by atoms with Crippen LogP contribution in [0.4, 0.5) is 0 Å². The molecule has 1 aliphatic rings. The Kier molecular flexibility index (Phi) is 8.84. The lowest BCUT2D eigenvalue weighted by molar-refractivity contribution is -0.124. The van der Waals surface area contributed by atoms with Crippen molar-refractivity contribution in [3.05, 3.63) is 47.5 Å². The van der Waals surface area contributed by atoms with Gasteiger partial charge in [0, 0.05) is 12.3 Å². The summed E-state index contributed by atoms with van der Waals surface area (Å²) in [6, 6.07) is 11.7. The van der Waals surface area contributed by atoms with Gasteiger partial charge in [0.15, 0.2) is 23.0 Å². The van der Waals surface area contributed by atoms with Crippen LogP contribution in [0.5, 0.6) is 23.0 Å². The molecule has 0 spiro atoms. The van der Waals surface area contributed by atoms with Gasteiger partial charge < -0.3 is 18.9 Å². The molecule has 2 aromatic carbocycles. The third-order valence-corrected chi connectivity index (χ3v) is 5.15. The third-order valence-electron chi connectivity index (χ3n) is 5.15. The molecule has 5 heteroatoms. The first-order chi connectivity index (χ1) is 14.0. The molecule has 29 heavy (non-hydrogen) atoms. The highest BCUT2D eigenvalue weighted by Gasteiger charge is 2.22. The summed E-state index contributed by atoms with van der Waals surface area (Å²) in [5, 5.41) is 0. The third kappa shape index (κ3) is 6.41. The van der Waals surface area contributed by atoms with E-state index in [9.17, 15) is 4.79 Å². The minimum absolute atomic E-state index is 0.192. The van der Waals surface area contributed by atoms with Crippen LogP contribution >= 0.6 is 0 Å². The number of ketones is 1. The van der Waals surface area contributed by atoms with Crippen molar-refractivity contribution in [2.45, 2.75) is 39.0 Å². The standard InChI is InChI=1S/C15H20O3.C9H12O2/c1-17-14-8-7-11(10-15(14)18-2)9-12-5-3-4-6-13(12)16;1-7-4-5-8(10-2)9(6-7)11-3/h7-8,10,12H,3-6,9H2,1-2H3;4-6H,1-3H3. The molecule has 0 saturated heterocycles. The number of benzene rings is 2. The molecular formula is C24H32O5. The van der Waals surface area contributed by atoms with E-state index in [-0.39, 0.29) is 5.92 Å². The molecule has 158 valence electrons. The van der Waals surface area contributed by atoms with Gasteiger partial charge in [0.25, 0.3) is 0 Å². The quantitative estimate of drug-likeness (QED) is 0.682. The van der Waals surface area contributed by atoms with Gasteiger partial charge >= 0.3 is 0 Å². The molecule has 0 amide bonds. The molecule has 1 fully saturated rings. The molecule has 0 bridgehead atoms. The van der Waals surface area contributed by atoms with Crippen LogP contribution in [0, 0.1) is 12.8 Å². The predicted molar refractivity (Wildman–Crippen MR) is 114 cm³/mol. The van der Waals surface area contributed by atoms with E-state index in [2.05, 4.69) is 0 Å². The first-order valence-electron chi connectivity index (χ1n) is 9.94. The SMILES string of the molecule is COc1ccc(C)cc1OC.COc1ccc(CC2CCCCC2=O)cc1OC. The fourth-order valence-corrected chi connectivity index (χ4v) is 3.51. The summed E-state index contributed by atoms with van der Waals surface area (Å²) in [6.07, 6.45) is 4.81. The van der Waals surface area contributed by atoms with E-state index in [0.29, 0.717) is 5.78 Å². The van der Waals surface area contributed by atoms with Crippen molar-refractivity contribution in [3.8, 4) is 23.0 Å². The van der Waals surface area contributed by atoms with Gasteiger partial charge in [0.05, 0.1) is 28.4 Å². The topological polar surface area (TPSA) is 54.0 Å². The van der Waals surface area contributed by atoms with Crippen LogP contribution in [0.2, 0.25) is 0 Å². The van der Waals surface area contributed by atoms with Gasteiger partial charge in [-0.3, -0.25) is 4.79 Å². The molecule has 5 nitrogen and oxygen atoms in total. The van der Waals surface area contributed by atoms with Crippen LogP contribution < -0.4 is 18.9 Å². The van der Waals surface area contributed by atoms with Gasteiger partial charge in [-0.1, -0.05) is 18.6 Å². The van der Waals surface area contributed by atoms with Crippen molar-refractivity contribution in [3.63, 3.8) is 0 Å². The summed E-state index contributed by atoms with van der Waals surface area (Å²) in [6.45, 7) is 2.02. The lowest BCUT2D eigenvalue weighted by Crippen LogP contribution is -2.21. The zero-order chi connectivity index (χ0) is 21.2. The van der Waals surface area contributed by atoms with Crippen molar-refractivity contribution in [1.82, 2.24) is 0 Å². The van der Waals surface area contributed by atoms with Gasteiger partial charge in [0.2, 0.25) is 0 Å². The summed E-state index contributed by atoms with van der Waals surface area (Å²) >= 11 is 0. The Morgan fingerprint density at radius 2 is 1.38 bits per heavy atom. The lowest BCUT2D eigenvalue weighted by atomic mass is 9.84. The Labute approximate surface area is 173 Å². The molecule has 1 saturated carbocycles. The number of aryl methyl sites for hydroxylation is 1. The first kappa shape index (κ1) is 22.6. The second kappa shape index (κ2) is 11.3. The Hall–Kier alpha value is -2.69. The molecule has 0 aromatic heterocycles. The van der Waals surface area contributed by atoms with E-state index < -0.39 is 0 Å². The zero-order valence-electron chi connectivity index (χ0n) is 18.1. The molecule has 0 N–H and O–H groups in total. The molecule has 0 heterocycles. The largest absolute Gasteiger partial charge is 0.493 e. The highest BCUT2D eigenvalue weighted by molar-refractivity contribution is 5.81. The maximum absolute atomic E-state index is 11.8. The molecule has 0 radical (unpaired) electrons. The maximum atomic E-state index is 11.8. The van der Waals surface area contributed by atoms with Gasteiger partial charge in [0.1, 0.15) is 5.78 Å². The molecule has 0 aliphatic heterocycles. The van der Waals surface area contributed by atoms with Crippen molar-refractivity contribution in [2.24, 2.45) is 5.92 Å². The van der Waals surface area contributed by atoms with Crippen molar-refractivity contribution in [1.29, 1.82) is 0 Å². The summed E-state index contributed by atoms with van der Waals surface area (Å²) in [7, 11) is 6.53. The summed E-state index contributed by atoms with van der Waals surface area (Å²) in [4.78, 5) is 11.8. The van der Waals surface area contributed by atoms with Crippen LogP contribution in [0.1, 0.15) is 36.8 Å². The number of rotatable bonds is 6. The van der Waals surface area contributed by atoms with E-state index in [0.717, 1.165) is 54.2 Å². The van der Waals surface area contributed by atoms with Gasteiger partial charge in [-0.2, -0.15) is 0 Å². The van der Waals surface area contributed by atoms with Crippen LogP contribution in [0.15, 0.2) is 36.4 Å². The van der Waals surface area contributed by atoms with Gasteiger partial charge in [-0.05, 0) is 61.6 Å². The van der Waals surface area contributed by atoms with E-state index in [4.69, 9.17) is 18.9 Å². The van der Waals surface area contributed by atoms with Crippen LogP contribution in [-0.4, -0.2) is 34.2 Å². The molecule has 3 rings (SSSR count). The van der Waals surface area contributed by atoms with E-state index in [1.165, 1.54) is 12.0 Å². The Morgan fingerprint density at radius 1 is 0.793 bits per heavy atom. The second-order valence-corrected chi connectivity index (χ2v) is 7.16.